The maximum Gasteiger partial charge on any atom is 0.239 e. The number of alkyl halides is 3. The second-order valence-electron chi connectivity index (χ2n) is 4.51. The molecule has 0 saturated carbocycles. The number of sulfone groups is 1. The topological polar surface area (TPSA) is 46.6 Å². The van der Waals surface area contributed by atoms with E-state index in [4.69, 9.17) is 4.84 Å². The summed E-state index contributed by atoms with van der Waals surface area (Å²) in [5.74, 6) is 0. The SMILES string of the molecule is O=S(=O)(c1cccc(CON2CCCC2)c1)C(Br)(Br)Br. The third-order valence-corrected chi connectivity index (χ3v) is 8.31. The van der Waals surface area contributed by atoms with E-state index < -0.39 is 11.3 Å². The summed E-state index contributed by atoms with van der Waals surface area (Å²) in [7, 11) is -3.56. The molecule has 20 heavy (non-hydrogen) atoms. The van der Waals surface area contributed by atoms with Crippen LogP contribution in [0.5, 0.6) is 0 Å². The molecular formula is C12H14Br3NO3S. The van der Waals surface area contributed by atoms with Crippen LogP contribution in [0.4, 0.5) is 0 Å². The third-order valence-electron chi connectivity index (χ3n) is 2.99. The minimum atomic E-state index is -3.56. The fourth-order valence-electron chi connectivity index (χ4n) is 1.92. The molecule has 0 unspecified atom stereocenters. The molecule has 0 bridgehead atoms. The lowest BCUT2D eigenvalue weighted by molar-refractivity contribution is -0.153. The smallest absolute Gasteiger partial charge is 0.239 e. The second kappa shape index (κ2) is 6.75. The molecule has 0 N–H and O–H groups in total. The van der Waals surface area contributed by atoms with Crippen LogP contribution < -0.4 is 0 Å². The van der Waals surface area contributed by atoms with Gasteiger partial charge in [-0.25, -0.2) is 8.42 Å². The number of nitrogens with zero attached hydrogens (tertiary/aromatic N) is 1. The van der Waals surface area contributed by atoms with Crippen LogP contribution in [0.15, 0.2) is 29.2 Å². The molecule has 0 aromatic heterocycles. The van der Waals surface area contributed by atoms with Crippen LogP contribution in [-0.2, 0) is 21.3 Å². The second-order valence-corrected chi connectivity index (χ2v) is 14.9. The zero-order valence-corrected chi connectivity index (χ0v) is 16.1. The maximum absolute atomic E-state index is 12.3. The van der Waals surface area contributed by atoms with Crippen molar-refractivity contribution in [2.75, 3.05) is 13.1 Å². The van der Waals surface area contributed by atoms with Gasteiger partial charge in [0, 0.05) is 13.1 Å². The highest BCUT2D eigenvalue weighted by Crippen LogP contribution is 2.43. The van der Waals surface area contributed by atoms with Gasteiger partial charge in [0.1, 0.15) is 0 Å². The first-order chi connectivity index (χ1) is 9.30. The van der Waals surface area contributed by atoms with E-state index in [-0.39, 0.29) is 4.90 Å². The number of halogens is 3. The predicted molar refractivity (Wildman–Crippen MR) is 88.7 cm³/mol. The lowest BCUT2D eigenvalue weighted by Gasteiger charge is -2.16. The van der Waals surface area contributed by atoms with Gasteiger partial charge in [-0.2, -0.15) is 5.06 Å². The van der Waals surface area contributed by atoms with E-state index >= 15 is 0 Å². The quantitative estimate of drug-likeness (QED) is 0.601. The number of hydroxylamine groups is 2. The molecule has 1 aromatic carbocycles. The molecule has 0 spiro atoms. The standard InChI is InChI=1S/C12H14Br3NO3S/c13-12(14,15)20(17,18)11-5-3-4-10(8-11)9-19-16-6-1-2-7-16/h3-5,8H,1-2,6-7,9H2. The maximum atomic E-state index is 12.3. The van der Waals surface area contributed by atoms with E-state index in [0.29, 0.717) is 6.61 Å². The Bertz CT molecular complexity index is 566. The lowest BCUT2D eigenvalue weighted by atomic mass is 10.2. The van der Waals surface area contributed by atoms with E-state index in [9.17, 15) is 8.42 Å². The first kappa shape index (κ1) is 16.9. The summed E-state index contributed by atoms with van der Waals surface area (Å²) in [5, 5.41) is 1.92. The molecule has 1 saturated heterocycles. The fourth-order valence-corrected chi connectivity index (χ4v) is 4.43. The van der Waals surface area contributed by atoms with Crippen molar-refractivity contribution in [1.82, 2.24) is 5.06 Å². The molecule has 1 aromatic rings. The van der Waals surface area contributed by atoms with Gasteiger partial charge in [-0.15, -0.1) is 0 Å². The summed E-state index contributed by atoms with van der Waals surface area (Å²) in [5.41, 5.74) is 0.828. The van der Waals surface area contributed by atoms with E-state index in [0.717, 1.165) is 31.5 Å². The van der Waals surface area contributed by atoms with Gasteiger partial charge in [-0.1, -0.05) is 12.1 Å². The number of hydrogen-bond donors (Lipinski definition) is 0. The molecule has 8 heteroatoms. The number of benzene rings is 1. The molecule has 2 rings (SSSR count). The van der Waals surface area contributed by atoms with E-state index in [1.165, 1.54) is 0 Å². The normalized spacial score (nSPS) is 17.6. The Morgan fingerprint density at radius 3 is 2.45 bits per heavy atom. The average molecular weight is 492 g/mol. The number of hydrogen-bond acceptors (Lipinski definition) is 4. The van der Waals surface area contributed by atoms with Gasteiger partial charge in [0.05, 0.1) is 11.5 Å². The monoisotopic (exact) mass is 489 g/mol. The fraction of sp³-hybridized carbons (Fsp3) is 0.500. The van der Waals surface area contributed by atoms with Crippen LogP contribution in [-0.4, -0.2) is 28.0 Å². The Morgan fingerprint density at radius 2 is 1.85 bits per heavy atom. The Labute approximate surface area is 144 Å². The Balaban J connectivity index is 2.11. The van der Waals surface area contributed by atoms with Crippen LogP contribution in [0.3, 0.4) is 0 Å². The molecule has 1 aliphatic rings. The Morgan fingerprint density at radius 1 is 1.20 bits per heavy atom. The van der Waals surface area contributed by atoms with Crippen molar-refractivity contribution in [3.8, 4) is 0 Å². The molecule has 1 aliphatic heterocycles. The molecule has 0 radical (unpaired) electrons. The largest absolute Gasteiger partial charge is 0.294 e. The predicted octanol–water partition coefficient (Wildman–Crippen LogP) is 3.78. The van der Waals surface area contributed by atoms with Crippen molar-refractivity contribution in [3.63, 3.8) is 0 Å². The molecular weight excluding hydrogens is 478 g/mol. The molecule has 1 heterocycles. The van der Waals surface area contributed by atoms with Gasteiger partial charge >= 0.3 is 0 Å². The van der Waals surface area contributed by atoms with Crippen molar-refractivity contribution in [2.24, 2.45) is 0 Å². The Kier molecular flexibility index (Phi) is 5.70. The van der Waals surface area contributed by atoms with Crippen LogP contribution in [0.25, 0.3) is 0 Å². The Hall–Kier alpha value is 0.530. The summed E-state index contributed by atoms with van der Waals surface area (Å²) >= 11 is 9.18. The van der Waals surface area contributed by atoms with Crippen molar-refractivity contribution < 1.29 is 13.3 Å². The summed E-state index contributed by atoms with van der Waals surface area (Å²) in [6.07, 6.45) is 2.29. The van der Waals surface area contributed by atoms with Gasteiger partial charge < -0.3 is 0 Å². The van der Waals surface area contributed by atoms with Crippen molar-refractivity contribution >= 4 is 57.6 Å². The van der Waals surface area contributed by atoms with Crippen LogP contribution >= 0.6 is 47.8 Å². The molecule has 112 valence electrons. The molecule has 0 atom stereocenters. The average Bonchev–Trinajstić information content (AvgIpc) is 2.88. The number of rotatable bonds is 4. The van der Waals surface area contributed by atoms with Crippen LogP contribution in [0.2, 0.25) is 0 Å². The molecule has 0 amide bonds. The van der Waals surface area contributed by atoms with Gasteiger partial charge in [-0.3, -0.25) is 4.84 Å². The van der Waals surface area contributed by atoms with E-state index in [1.54, 1.807) is 18.2 Å². The summed E-state index contributed by atoms with van der Waals surface area (Å²) < 4.78 is 23.2. The first-order valence-electron chi connectivity index (χ1n) is 6.09. The highest BCUT2D eigenvalue weighted by molar-refractivity contribution is 9.42. The zero-order chi connectivity index (χ0) is 14.8. The van der Waals surface area contributed by atoms with E-state index in [1.807, 2.05) is 11.1 Å². The highest BCUT2D eigenvalue weighted by atomic mass is 80.0. The highest BCUT2D eigenvalue weighted by Gasteiger charge is 2.37. The van der Waals surface area contributed by atoms with Gasteiger partial charge in [0.25, 0.3) is 0 Å². The minimum absolute atomic E-state index is 0.227. The lowest BCUT2D eigenvalue weighted by Crippen LogP contribution is -2.20. The summed E-state index contributed by atoms with van der Waals surface area (Å²) in [6, 6.07) is 6.76. The summed E-state index contributed by atoms with van der Waals surface area (Å²) in [6.45, 7) is 2.25. The zero-order valence-electron chi connectivity index (χ0n) is 10.6. The van der Waals surface area contributed by atoms with Gasteiger partial charge in [-0.05, 0) is 78.3 Å². The molecule has 4 nitrogen and oxygen atoms in total. The summed E-state index contributed by atoms with van der Waals surface area (Å²) in [4.78, 5) is 5.87. The first-order valence-corrected chi connectivity index (χ1v) is 9.95. The van der Waals surface area contributed by atoms with E-state index in [2.05, 4.69) is 47.8 Å². The van der Waals surface area contributed by atoms with Gasteiger partial charge in [0.15, 0.2) is 0 Å². The van der Waals surface area contributed by atoms with Gasteiger partial charge in [0.2, 0.25) is 11.3 Å². The van der Waals surface area contributed by atoms with Crippen LogP contribution in [0, 0.1) is 0 Å². The van der Waals surface area contributed by atoms with Crippen molar-refractivity contribution in [3.05, 3.63) is 29.8 Å². The van der Waals surface area contributed by atoms with Crippen molar-refractivity contribution in [1.29, 1.82) is 0 Å². The van der Waals surface area contributed by atoms with Crippen molar-refractivity contribution in [2.45, 2.75) is 25.8 Å². The molecule has 0 aliphatic carbocycles. The molecule has 1 fully saturated rings. The van der Waals surface area contributed by atoms with Crippen LogP contribution in [0.1, 0.15) is 18.4 Å². The third kappa shape index (κ3) is 4.04. The minimum Gasteiger partial charge on any atom is -0.294 e.